The van der Waals surface area contributed by atoms with Crippen molar-refractivity contribution in [1.82, 2.24) is 4.90 Å². The zero-order chi connectivity index (χ0) is 15.8. The molecule has 1 aliphatic heterocycles. The summed E-state index contributed by atoms with van der Waals surface area (Å²) in [4.78, 5) is 24.9. The number of carbonyl (C=O) groups is 2. The summed E-state index contributed by atoms with van der Waals surface area (Å²) in [5, 5.41) is 11.1. The second-order valence-electron chi connectivity index (χ2n) is 5.08. The normalized spacial score (nSPS) is 18.6. The molecule has 0 saturated carbocycles. The van der Waals surface area contributed by atoms with Gasteiger partial charge >= 0.3 is 6.18 Å². The fourth-order valence-corrected chi connectivity index (χ4v) is 3.06. The van der Waals surface area contributed by atoms with E-state index >= 15 is 0 Å². The first-order valence-corrected chi connectivity index (χ1v) is 7.20. The fraction of sp³-hybridized carbons (Fsp3) is 0.538. The van der Waals surface area contributed by atoms with Crippen LogP contribution in [0.25, 0.3) is 0 Å². The standard InChI is InChI=1S/C13H14F3NO3S/c1-8(18)9-6-10(21-7-9)11(19)17-4-2-12(20,3-5-17)13(14,15)16/h6-7,20H,2-5H2,1H3. The summed E-state index contributed by atoms with van der Waals surface area (Å²) in [5.41, 5.74) is -2.31. The van der Waals surface area contributed by atoms with Crippen LogP contribution in [0.4, 0.5) is 13.2 Å². The number of hydrogen-bond donors (Lipinski definition) is 1. The zero-order valence-electron chi connectivity index (χ0n) is 11.2. The van der Waals surface area contributed by atoms with Crippen molar-refractivity contribution in [2.24, 2.45) is 0 Å². The minimum atomic E-state index is -4.69. The van der Waals surface area contributed by atoms with Crippen molar-refractivity contribution in [3.63, 3.8) is 0 Å². The number of halogens is 3. The number of likely N-dealkylation sites (tertiary alicyclic amines) is 1. The van der Waals surface area contributed by atoms with Crippen LogP contribution in [0.1, 0.15) is 39.8 Å². The molecule has 0 bridgehead atoms. The molecule has 2 rings (SSSR count). The third kappa shape index (κ3) is 3.11. The molecule has 4 nitrogen and oxygen atoms in total. The Kier molecular flexibility index (Phi) is 4.12. The molecule has 1 aromatic rings. The molecular weight excluding hydrogens is 307 g/mol. The number of Topliss-reactive ketones (excluding diaryl/α,β-unsaturated/α-hetero) is 1. The van der Waals surface area contributed by atoms with Gasteiger partial charge in [-0.05, 0) is 13.0 Å². The fourth-order valence-electron chi connectivity index (χ4n) is 2.15. The molecule has 0 spiro atoms. The second kappa shape index (κ2) is 5.42. The van der Waals surface area contributed by atoms with Crippen molar-refractivity contribution in [3.05, 3.63) is 21.9 Å². The smallest absolute Gasteiger partial charge is 0.380 e. The average molecular weight is 321 g/mol. The Bertz CT molecular complexity index is 559. The molecule has 1 aliphatic rings. The van der Waals surface area contributed by atoms with Crippen molar-refractivity contribution in [3.8, 4) is 0 Å². The molecule has 1 N–H and O–H groups in total. The zero-order valence-corrected chi connectivity index (χ0v) is 12.1. The van der Waals surface area contributed by atoms with E-state index in [-0.39, 0.29) is 18.9 Å². The molecule has 0 atom stereocenters. The maximum Gasteiger partial charge on any atom is 0.417 e. The summed E-state index contributed by atoms with van der Waals surface area (Å²) < 4.78 is 38.0. The average Bonchev–Trinajstić information content (AvgIpc) is 2.87. The van der Waals surface area contributed by atoms with Crippen LogP contribution in [-0.2, 0) is 0 Å². The molecule has 0 unspecified atom stereocenters. The summed E-state index contributed by atoms with van der Waals surface area (Å²) in [6.45, 7) is 1.05. The number of rotatable bonds is 2. The van der Waals surface area contributed by atoms with Gasteiger partial charge in [0.05, 0.1) is 4.88 Å². The number of ketones is 1. The van der Waals surface area contributed by atoms with E-state index in [1.807, 2.05) is 0 Å². The number of alkyl halides is 3. The number of aliphatic hydroxyl groups is 1. The van der Waals surface area contributed by atoms with E-state index < -0.39 is 30.5 Å². The highest BCUT2D eigenvalue weighted by molar-refractivity contribution is 7.12. The molecule has 1 saturated heterocycles. The highest BCUT2D eigenvalue weighted by Crippen LogP contribution is 2.38. The SMILES string of the molecule is CC(=O)c1csc(C(=O)N2CCC(O)(C(F)(F)F)CC2)c1. The van der Waals surface area contributed by atoms with Crippen molar-refractivity contribution < 1.29 is 27.9 Å². The number of piperidine rings is 1. The molecule has 0 aromatic carbocycles. The number of nitrogens with zero attached hydrogens (tertiary/aromatic N) is 1. The van der Waals surface area contributed by atoms with E-state index in [2.05, 4.69) is 0 Å². The van der Waals surface area contributed by atoms with Gasteiger partial charge in [-0.3, -0.25) is 9.59 Å². The topological polar surface area (TPSA) is 57.6 Å². The molecule has 2 heterocycles. The van der Waals surface area contributed by atoms with Crippen molar-refractivity contribution in [1.29, 1.82) is 0 Å². The van der Waals surface area contributed by atoms with Crippen LogP contribution in [0.2, 0.25) is 0 Å². The van der Waals surface area contributed by atoms with E-state index in [1.54, 1.807) is 5.38 Å². The van der Waals surface area contributed by atoms with E-state index in [1.165, 1.54) is 17.9 Å². The Hall–Kier alpha value is -1.41. The van der Waals surface area contributed by atoms with Crippen LogP contribution >= 0.6 is 11.3 Å². The number of hydrogen-bond acceptors (Lipinski definition) is 4. The lowest BCUT2D eigenvalue weighted by atomic mass is 9.91. The third-order valence-electron chi connectivity index (χ3n) is 3.62. The summed E-state index contributed by atoms with van der Waals surface area (Å²) in [7, 11) is 0. The predicted molar refractivity (Wildman–Crippen MR) is 70.5 cm³/mol. The van der Waals surface area contributed by atoms with Crippen LogP contribution in [0.3, 0.4) is 0 Å². The lowest BCUT2D eigenvalue weighted by Crippen LogP contribution is -2.54. The molecule has 1 amide bonds. The van der Waals surface area contributed by atoms with Crippen molar-refractivity contribution in [2.45, 2.75) is 31.5 Å². The first-order valence-electron chi connectivity index (χ1n) is 6.32. The Morgan fingerprint density at radius 2 is 1.90 bits per heavy atom. The van der Waals surface area contributed by atoms with Gasteiger partial charge in [0.2, 0.25) is 0 Å². The van der Waals surface area contributed by atoms with Gasteiger partial charge in [0.25, 0.3) is 5.91 Å². The van der Waals surface area contributed by atoms with Gasteiger partial charge in [-0.1, -0.05) is 0 Å². The van der Waals surface area contributed by atoms with Gasteiger partial charge in [-0.15, -0.1) is 11.3 Å². The van der Waals surface area contributed by atoms with Crippen LogP contribution in [0.5, 0.6) is 0 Å². The Morgan fingerprint density at radius 1 is 1.33 bits per heavy atom. The summed E-state index contributed by atoms with van der Waals surface area (Å²) in [5.74, 6) is -0.577. The first-order chi connectivity index (χ1) is 9.64. The lowest BCUT2D eigenvalue weighted by Gasteiger charge is -2.38. The molecule has 1 fully saturated rings. The number of thiophene rings is 1. The van der Waals surface area contributed by atoms with E-state index in [0.717, 1.165) is 11.3 Å². The van der Waals surface area contributed by atoms with Crippen molar-refractivity contribution >= 4 is 23.0 Å². The van der Waals surface area contributed by atoms with Crippen LogP contribution in [-0.4, -0.2) is 46.6 Å². The van der Waals surface area contributed by atoms with Crippen LogP contribution in [0.15, 0.2) is 11.4 Å². The highest BCUT2D eigenvalue weighted by Gasteiger charge is 2.54. The van der Waals surface area contributed by atoms with Gasteiger partial charge in [0.1, 0.15) is 0 Å². The molecule has 0 radical (unpaired) electrons. The summed E-state index contributed by atoms with van der Waals surface area (Å²) in [6.07, 6.45) is -5.76. The maximum absolute atomic E-state index is 12.7. The third-order valence-corrected chi connectivity index (χ3v) is 4.54. The predicted octanol–water partition coefficient (Wildman–Crippen LogP) is 2.48. The summed E-state index contributed by atoms with van der Waals surface area (Å²) >= 11 is 1.09. The molecule has 116 valence electrons. The molecule has 0 aliphatic carbocycles. The minimum Gasteiger partial charge on any atom is -0.380 e. The first kappa shape index (κ1) is 16.0. The van der Waals surface area contributed by atoms with Gasteiger partial charge in [0, 0.05) is 36.9 Å². The largest absolute Gasteiger partial charge is 0.417 e. The quantitative estimate of drug-likeness (QED) is 0.852. The van der Waals surface area contributed by atoms with Crippen LogP contribution < -0.4 is 0 Å². The van der Waals surface area contributed by atoms with Crippen LogP contribution in [0, 0.1) is 0 Å². The highest BCUT2D eigenvalue weighted by atomic mass is 32.1. The minimum absolute atomic E-state index is 0.165. The van der Waals surface area contributed by atoms with E-state index in [4.69, 9.17) is 0 Å². The van der Waals surface area contributed by atoms with Gasteiger partial charge in [-0.25, -0.2) is 0 Å². The lowest BCUT2D eigenvalue weighted by molar-refractivity contribution is -0.271. The Labute approximate surface area is 123 Å². The number of amides is 1. The molecule has 1 aromatic heterocycles. The maximum atomic E-state index is 12.7. The second-order valence-corrected chi connectivity index (χ2v) is 5.99. The van der Waals surface area contributed by atoms with E-state index in [9.17, 15) is 27.9 Å². The number of carbonyl (C=O) groups excluding carboxylic acids is 2. The Morgan fingerprint density at radius 3 is 2.33 bits per heavy atom. The van der Waals surface area contributed by atoms with Gasteiger partial charge in [0.15, 0.2) is 11.4 Å². The molecular formula is C13H14F3NO3S. The van der Waals surface area contributed by atoms with Gasteiger partial charge in [-0.2, -0.15) is 13.2 Å². The van der Waals surface area contributed by atoms with Crippen molar-refractivity contribution in [2.75, 3.05) is 13.1 Å². The van der Waals surface area contributed by atoms with E-state index in [0.29, 0.717) is 10.4 Å². The summed E-state index contributed by atoms with van der Waals surface area (Å²) in [6, 6.07) is 1.44. The monoisotopic (exact) mass is 321 g/mol. The Balaban J connectivity index is 2.05. The molecule has 8 heteroatoms. The molecule has 21 heavy (non-hydrogen) atoms. The van der Waals surface area contributed by atoms with Gasteiger partial charge < -0.3 is 10.0 Å².